The minimum atomic E-state index is 0.380. The van der Waals surface area contributed by atoms with Crippen molar-refractivity contribution < 1.29 is 4.74 Å². The normalized spacial score (nSPS) is 12.9. The van der Waals surface area contributed by atoms with Gasteiger partial charge in [0.1, 0.15) is 0 Å². The van der Waals surface area contributed by atoms with E-state index < -0.39 is 0 Å². The molecule has 0 rings (SSSR count). The van der Waals surface area contributed by atoms with Gasteiger partial charge >= 0.3 is 0 Å². The van der Waals surface area contributed by atoms with Gasteiger partial charge in [0, 0.05) is 19.7 Å². The Bertz CT molecular complexity index is 142. The van der Waals surface area contributed by atoms with E-state index in [4.69, 9.17) is 10.00 Å². The van der Waals surface area contributed by atoms with E-state index in [0.29, 0.717) is 12.5 Å². The van der Waals surface area contributed by atoms with Gasteiger partial charge < -0.3 is 9.64 Å². The maximum absolute atomic E-state index is 8.53. The number of rotatable bonds is 6. The van der Waals surface area contributed by atoms with E-state index in [1.807, 2.05) is 7.05 Å². The topological polar surface area (TPSA) is 36.3 Å². The number of ether oxygens (including phenoxy) is 1. The summed E-state index contributed by atoms with van der Waals surface area (Å²) in [4.78, 5) is 2.17. The van der Waals surface area contributed by atoms with E-state index in [1.54, 1.807) is 7.11 Å². The minimum absolute atomic E-state index is 0.380. The Morgan fingerprint density at radius 1 is 1.58 bits per heavy atom. The van der Waals surface area contributed by atoms with Crippen molar-refractivity contribution in [2.24, 2.45) is 0 Å². The average molecular weight is 170 g/mol. The van der Waals surface area contributed by atoms with Crippen LogP contribution in [0.1, 0.15) is 19.8 Å². The van der Waals surface area contributed by atoms with Gasteiger partial charge in [-0.2, -0.15) is 5.26 Å². The number of nitriles is 1. The molecule has 0 aliphatic rings. The molecule has 12 heavy (non-hydrogen) atoms. The molecule has 0 radical (unpaired) electrons. The molecule has 0 N–H and O–H groups in total. The quantitative estimate of drug-likeness (QED) is 0.602. The summed E-state index contributed by atoms with van der Waals surface area (Å²) in [5, 5.41) is 8.53. The summed E-state index contributed by atoms with van der Waals surface area (Å²) in [6, 6.07) is 2.57. The maximum atomic E-state index is 8.53. The second-order valence-corrected chi connectivity index (χ2v) is 2.90. The lowest BCUT2D eigenvalue weighted by molar-refractivity contribution is 0.138. The molecule has 0 heterocycles. The fourth-order valence-electron chi connectivity index (χ4n) is 1.14. The molecule has 0 aliphatic carbocycles. The number of likely N-dealkylation sites (N-methyl/N-ethyl adjacent to an activating group) is 1. The first-order valence-electron chi connectivity index (χ1n) is 4.32. The van der Waals surface area contributed by atoms with Gasteiger partial charge in [0.25, 0.3) is 0 Å². The van der Waals surface area contributed by atoms with Gasteiger partial charge in [0.15, 0.2) is 0 Å². The number of hydrogen-bond acceptors (Lipinski definition) is 3. The van der Waals surface area contributed by atoms with Crippen molar-refractivity contribution in [2.45, 2.75) is 25.8 Å². The van der Waals surface area contributed by atoms with Crippen LogP contribution in [0.2, 0.25) is 0 Å². The third kappa shape index (κ3) is 4.32. The average Bonchev–Trinajstić information content (AvgIpc) is 2.10. The molecule has 1 unspecified atom stereocenters. The van der Waals surface area contributed by atoms with Gasteiger partial charge in [-0.1, -0.05) is 6.92 Å². The van der Waals surface area contributed by atoms with Gasteiger partial charge in [-0.25, -0.2) is 0 Å². The Kier molecular flexibility index (Phi) is 6.73. The molecule has 0 aromatic rings. The predicted octanol–water partition coefficient (Wildman–Crippen LogP) is 1.26. The second-order valence-electron chi connectivity index (χ2n) is 2.90. The molecule has 0 aromatic carbocycles. The summed E-state index contributed by atoms with van der Waals surface area (Å²) >= 11 is 0. The fraction of sp³-hybridized carbons (Fsp3) is 0.889. The third-order valence-corrected chi connectivity index (χ3v) is 2.07. The van der Waals surface area contributed by atoms with Crippen LogP contribution in [-0.4, -0.2) is 38.3 Å². The smallest absolute Gasteiger partial charge is 0.0638 e. The molecule has 0 saturated heterocycles. The Balaban J connectivity index is 3.70. The zero-order valence-electron chi connectivity index (χ0n) is 8.21. The molecule has 0 bridgehead atoms. The molecule has 0 saturated carbocycles. The lowest BCUT2D eigenvalue weighted by atomic mass is 10.1. The molecule has 70 valence electrons. The van der Waals surface area contributed by atoms with E-state index in [-0.39, 0.29) is 0 Å². The highest BCUT2D eigenvalue weighted by molar-refractivity contribution is 4.80. The van der Waals surface area contributed by atoms with Crippen molar-refractivity contribution >= 4 is 0 Å². The van der Waals surface area contributed by atoms with Crippen molar-refractivity contribution in [3.8, 4) is 6.07 Å². The maximum Gasteiger partial charge on any atom is 0.0638 e. The van der Waals surface area contributed by atoms with Crippen molar-refractivity contribution in [1.29, 1.82) is 5.26 Å². The Labute approximate surface area is 74.9 Å². The highest BCUT2D eigenvalue weighted by atomic mass is 16.5. The summed E-state index contributed by atoms with van der Waals surface area (Å²) in [5.74, 6) is 0. The van der Waals surface area contributed by atoms with Crippen LogP contribution >= 0.6 is 0 Å². The molecular formula is C9H18N2O. The number of hydrogen-bond donors (Lipinski definition) is 0. The summed E-state index contributed by atoms with van der Waals surface area (Å²) < 4.78 is 4.96. The van der Waals surface area contributed by atoms with Crippen LogP contribution in [0.4, 0.5) is 0 Å². The van der Waals surface area contributed by atoms with Crippen LogP contribution in [0.25, 0.3) is 0 Å². The first-order valence-corrected chi connectivity index (χ1v) is 4.32. The summed E-state index contributed by atoms with van der Waals surface area (Å²) in [7, 11) is 3.73. The Morgan fingerprint density at radius 2 is 2.25 bits per heavy atom. The lowest BCUT2D eigenvalue weighted by Crippen LogP contribution is -2.33. The highest BCUT2D eigenvalue weighted by Crippen LogP contribution is 2.04. The van der Waals surface area contributed by atoms with E-state index in [9.17, 15) is 0 Å². The van der Waals surface area contributed by atoms with Crippen LogP contribution in [0, 0.1) is 11.3 Å². The van der Waals surface area contributed by atoms with Crippen molar-refractivity contribution in [1.82, 2.24) is 4.90 Å². The van der Waals surface area contributed by atoms with Crippen LogP contribution < -0.4 is 0 Å². The Hall–Kier alpha value is -0.590. The van der Waals surface area contributed by atoms with E-state index >= 15 is 0 Å². The molecule has 0 aliphatic heterocycles. The van der Waals surface area contributed by atoms with Gasteiger partial charge in [-0.05, 0) is 13.5 Å². The molecule has 1 atom stereocenters. The van der Waals surface area contributed by atoms with Crippen LogP contribution in [0.3, 0.4) is 0 Å². The zero-order valence-corrected chi connectivity index (χ0v) is 8.21. The third-order valence-electron chi connectivity index (χ3n) is 2.07. The highest BCUT2D eigenvalue weighted by Gasteiger charge is 2.10. The molecule has 0 aromatic heterocycles. The second kappa shape index (κ2) is 7.08. The monoisotopic (exact) mass is 170 g/mol. The van der Waals surface area contributed by atoms with Crippen LogP contribution in [-0.2, 0) is 4.74 Å². The van der Waals surface area contributed by atoms with Gasteiger partial charge in [0.2, 0.25) is 0 Å². The van der Waals surface area contributed by atoms with Gasteiger partial charge in [0.05, 0.1) is 19.1 Å². The van der Waals surface area contributed by atoms with E-state index in [1.165, 1.54) is 0 Å². The standard InChI is InChI=1S/C9H18N2O/c1-4-9(5-6-10)11(2)7-8-12-3/h9H,4-5,7-8H2,1-3H3. The van der Waals surface area contributed by atoms with Crippen molar-refractivity contribution in [3.05, 3.63) is 0 Å². The molecular weight excluding hydrogens is 152 g/mol. The largest absolute Gasteiger partial charge is 0.383 e. The molecule has 0 fully saturated rings. The lowest BCUT2D eigenvalue weighted by Gasteiger charge is -2.24. The summed E-state index contributed by atoms with van der Waals surface area (Å²) in [6.45, 7) is 3.74. The van der Waals surface area contributed by atoms with Crippen LogP contribution in [0.5, 0.6) is 0 Å². The molecule has 3 heteroatoms. The summed E-state index contributed by atoms with van der Waals surface area (Å²) in [5.41, 5.74) is 0. The summed E-state index contributed by atoms with van der Waals surface area (Å²) in [6.07, 6.45) is 1.63. The van der Waals surface area contributed by atoms with Gasteiger partial charge in [-0.3, -0.25) is 0 Å². The minimum Gasteiger partial charge on any atom is -0.383 e. The van der Waals surface area contributed by atoms with Gasteiger partial charge in [-0.15, -0.1) is 0 Å². The Morgan fingerprint density at radius 3 is 2.67 bits per heavy atom. The van der Waals surface area contributed by atoms with Crippen molar-refractivity contribution in [3.63, 3.8) is 0 Å². The zero-order chi connectivity index (χ0) is 9.40. The predicted molar refractivity (Wildman–Crippen MR) is 48.8 cm³/mol. The molecule has 0 spiro atoms. The molecule has 3 nitrogen and oxygen atoms in total. The fourth-order valence-corrected chi connectivity index (χ4v) is 1.14. The number of methoxy groups -OCH3 is 1. The first-order chi connectivity index (χ1) is 5.76. The van der Waals surface area contributed by atoms with Crippen molar-refractivity contribution in [2.75, 3.05) is 27.3 Å². The van der Waals surface area contributed by atoms with Crippen LogP contribution in [0.15, 0.2) is 0 Å². The van der Waals surface area contributed by atoms with E-state index in [2.05, 4.69) is 17.9 Å². The first kappa shape index (κ1) is 11.4. The SMILES string of the molecule is CCC(CC#N)N(C)CCOC. The molecule has 0 amide bonds. The van der Waals surface area contributed by atoms with E-state index in [0.717, 1.165) is 19.6 Å². The number of nitrogens with zero attached hydrogens (tertiary/aromatic N) is 2.